The van der Waals surface area contributed by atoms with E-state index in [0.29, 0.717) is 22.8 Å². The third kappa shape index (κ3) is 3.63. The molecule has 0 radical (unpaired) electrons. The van der Waals surface area contributed by atoms with Gasteiger partial charge in [0.25, 0.3) is 0 Å². The van der Waals surface area contributed by atoms with Crippen molar-refractivity contribution in [1.82, 2.24) is 0 Å². The highest BCUT2D eigenvalue weighted by Gasteiger charge is 2.18. The monoisotopic (exact) mass is 284 g/mol. The van der Waals surface area contributed by atoms with Crippen LogP contribution in [0.5, 0.6) is 17.2 Å². The fraction of sp³-hybridized carbons (Fsp3) is 0.118. The van der Waals surface area contributed by atoms with Gasteiger partial charge in [0.05, 0.1) is 13.4 Å². The fourth-order valence-electron chi connectivity index (χ4n) is 1.75. The molecule has 0 unspecified atom stereocenters. The normalized spacial score (nSPS) is 10.4. The minimum Gasteiger partial charge on any atom is -0.493 e. The molecule has 0 aliphatic rings. The quantitative estimate of drug-likeness (QED) is 0.475. The summed E-state index contributed by atoms with van der Waals surface area (Å²) in [5, 5.41) is 0. The van der Waals surface area contributed by atoms with Gasteiger partial charge < -0.3 is 14.2 Å². The molecule has 0 saturated heterocycles. The van der Waals surface area contributed by atoms with E-state index in [-0.39, 0.29) is 0 Å². The van der Waals surface area contributed by atoms with Crippen LogP contribution in [-0.4, -0.2) is 13.1 Å². The van der Waals surface area contributed by atoms with E-state index < -0.39 is 5.97 Å². The zero-order valence-electron chi connectivity index (χ0n) is 11.9. The standard InChI is InChI=1S/C17H16O4/c1-3-12-20-16-14(10-7-11-15(16)19-2)17(18)21-13-8-5-4-6-9-13/h3-12H,1-2H3. The minimum atomic E-state index is -0.500. The van der Waals surface area contributed by atoms with Crippen LogP contribution in [0.25, 0.3) is 0 Å². The van der Waals surface area contributed by atoms with Crippen molar-refractivity contribution in [2.75, 3.05) is 7.11 Å². The number of allylic oxidation sites excluding steroid dienone is 1. The van der Waals surface area contributed by atoms with Gasteiger partial charge >= 0.3 is 5.97 Å². The van der Waals surface area contributed by atoms with E-state index in [1.807, 2.05) is 13.0 Å². The van der Waals surface area contributed by atoms with Crippen LogP contribution in [-0.2, 0) is 0 Å². The van der Waals surface area contributed by atoms with Gasteiger partial charge in [-0.05, 0) is 31.2 Å². The second kappa shape index (κ2) is 7.14. The van der Waals surface area contributed by atoms with Gasteiger partial charge in [0, 0.05) is 0 Å². The molecule has 4 heteroatoms. The molecule has 0 atom stereocenters. The molecule has 108 valence electrons. The zero-order valence-corrected chi connectivity index (χ0v) is 11.9. The average Bonchev–Trinajstić information content (AvgIpc) is 2.53. The highest BCUT2D eigenvalue weighted by Crippen LogP contribution is 2.32. The van der Waals surface area contributed by atoms with Crippen LogP contribution in [0.1, 0.15) is 17.3 Å². The Morgan fingerprint density at radius 3 is 2.48 bits per heavy atom. The Balaban J connectivity index is 2.31. The summed E-state index contributed by atoms with van der Waals surface area (Å²) in [5.74, 6) is 0.775. The van der Waals surface area contributed by atoms with Crippen LogP contribution in [0, 0.1) is 0 Å². The Morgan fingerprint density at radius 1 is 1.05 bits per heavy atom. The van der Waals surface area contributed by atoms with Gasteiger partial charge in [-0.1, -0.05) is 30.3 Å². The first-order valence-electron chi connectivity index (χ1n) is 6.48. The van der Waals surface area contributed by atoms with Gasteiger partial charge in [0.2, 0.25) is 0 Å². The molecule has 0 N–H and O–H groups in total. The second-order valence-electron chi connectivity index (χ2n) is 4.13. The topological polar surface area (TPSA) is 44.8 Å². The van der Waals surface area contributed by atoms with Crippen LogP contribution in [0.3, 0.4) is 0 Å². The number of esters is 1. The lowest BCUT2D eigenvalue weighted by Gasteiger charge is -2.12. The zero-order chi connectivity index (χ0) is 15.1. The van der Waals surface area contributed by atoms with Crippen molar-refractivity contribution in [2.45, 2.75) is 6.92 Å². The molecule has 0 fully saturated rings. The van der Waals surface area contributed by atoms with Gasteiger partial charge in [-0.3, -0.25) is 0 Å². The molecule has 0 spiro atoms. The third-order valence-electron chi connectivity index (χ3n) is 2.69. The maximum Gasteiger partial charge on any atom is 0.347 e. The summed E-state index contributed by atoms with van der Waals surface area (Å²) >= 11 is 0. The predicted molar refractivity (Wildman–Crippen MR) is 79.8 cm³/mol. The van der Waals surface area contributed by atoms with Gasteiger partial charge in [-0.2, -0.15) is 0 Å². The highest BCUT2D eigenvalue weighted by molar-refractivity contribution is 5.95. The molecule has 4 nitrogen and oxygen atoms in total. The van der Waals surface area contributed by atoms with E-state index >= 15 is 0 Å². The Labute approximate surface area is 123 Å². The number of hydrogen-bond donors (Lipinski definition) is 0. The number of methoxy groups -OCH3 is 1. The summed E-state index contributed by atoms with van der Waals surface area (Å²) in [6.45, 7) is 1.82. The summed E-state index contributed by atoms with van der Waals surface area (Å²) in [6.07, 6.45) is 3.20. The Hall–Kier alpha value is -2.75. The average molecular weight is 284 g/mol. The summed E-state index contributed by atoms with van der Waals surface area (Å²) in [4.78, 5) is 12.3. The van der Waals surface area contributed by atoms with Gasteiger partial charge in [0.1, 0.15) is 11.3 Å². The molecular formula is C17H16O4. The number of hydrogen-bond acceptors (Lipinski definition) is 4. The van der Waals surface area contributed by atoms with E-state index in [1.165, 1.54) is 13.4 Å². The molecule has 0 amide bonds. The van der Waals surface area contributed by atoms with Gasteiger partial charge in [-0.15, -0.1) is 0 Å². The molecule has 0 saturated carbocycles. The molecule has 0 aliphatic heterocycles. The van der Waals surface area contributed by atoms with E-state index in [0.717, 1.165) is 0 Å². The lowest BCUT2D eigenvalue weighted by atomic mass is 10.2. The fourth-order valence-corrected chi connectivity index (χ4v) is 1.75. The SMILES string of the molecule is CC=COc1c(OC)cccc1C(=O)Oc1ccccc1. The molecule has 2 aromatic rings. The summed E-state index contributed by atoms with van der Waals surface area (Å²) < 4.78 is 16.0. The lowest BCUT2D eigenvalue weighted by molar-refractivity contribution is 0.0731. The first kappa shape index (κ1) is 14.7. The van der Waals surface area contributed by atoms with E-state index in [9.17, 15) is 4.79 Å². The number of benzene rings is 2. The van der Waals surface area contributed by atoms with Crippen molar-refractivity contribution in [3.8, 4) is 17.2 Å². The predicted octanol–water partition coefficient (Wildman–Crippen LogP) is 3.83. The van der Waals surface area contributed by atoms with Crippen LogP contribution < -0.4 is 14.2 Å². The van der Waals surface area contributed by atoms with E-state index in [4.69, 9.17) is 14.2 Å². The number of rotatable bonds is 5. The van der Waals surface area contributed by atoms with Crippen molar-refractivity contribution in [3.05, 3.63) is 66.4 Å². The largest absolute Gasteiger partial charge is 0.493 e. The summed E-state index contributed by atoms with van der Waals surface area (Å²) in [7, 11) is 1.52. The first-order chi connectivity index (χ1) is 10.3. The molecule has 21 heavy (non-hydrogen) atoms. The van der Waals surface area contributed by atoms with Crippen molar-refractivity contribution in [2.24, 2.45) is 0 Å². The smallest absolute Gasteiger partial charge is 0.347 e. The second-order valence-corrected chi connectivity index (χ2v) is 4.13. The third-order valence-corrected chi connectivity index (χ3v) is 2.69. The molecule has 0 heterocycles. The molecule has 0 aromatic heterocycles. The first-order valence-corrected chi connectivity index (χ1v) is 6.48. The Morgan fingerprint density at radius 2 is 1.81 bits per heavy atom. The van der Waals surface area contributed by atoms with E-state index in [1.54, 1.807) is 48.5 Å². The van der Waals surface area contributed by atoms with Gasteiger partial charge in [0.15, 0.2) is 11.5 Å². The maximum absolute atomic E-state index is 12.3. The number of ether oxygens (including phenoxy) is 3. The van der Waals surface area contributed by atoms with Crippen LogP contribution >= 0.6 is 0 Å². The summed E-state index contributed by atoms with van der Waals surface area (Å²) in [5.41, 5.74) is 0.302. The highest BCUT2D eigenvalue weighted by atomic mass is 16.5. The molecular weight excluding hydrogens is 268 g/mol. The molecule has 0 aliphatic carbocycles. The molecule has 2 aromatic carbocycles. The van der Waals surface area contributed by atoms with Crippen LogP contribution in [0.4, 0.5) is 0 Å². The lowest BCUT2D eigenvalue weighted by Crippen LogP contribution is -2.10. The maximum atomic E-state index is 12.3. The Bertz CT molecular complexity index is 632. The molecule has 2 rings (SSSR count). The minimum absolute atomic E-state index is 0.302. The Kier molecular flexibility index (Phi) is 4.99. The van der Waals surface area contributed by atoms with Crippen molar-refractivity contribution >= 4 is 5.97 Å². The van der Waals surface area contributed by atoms with E-state index in [2.05, 4.69) is 0 Å². The van der Waals surface area contributed by atoms with Crippen LogP contribution in [0.15, 0.2) is 60.9 Å². The van der Waals surface area contributed by atoms with Crippen molar-refractivity contribution < 1.29 is 19.0 Å². The number of para-hydroxylation sites is 2. The molecule has 0 bridgehead atoms. The van der Waals surface area contributed by atoms with Crippen molar-refractivity contribution in [1.29, 1.82) is 0 Å². The summed E-state index contributed by atoms with van der Waals surface area (Å²) in [6, 6.07) is 13.9. The van der Waals surface area contributed by atoms with Crippen molar-refractivity contribution in [3.63, 3.8) is 0 Å². The number of carbonyl (C=O) groups excluding carboxylic acids is 1. The number of carbonyl (C=O) groups is 1. The van der Waals surface area contributed by atoms with Crippen LogP contribution in [0.2, 0.25) is 0 Å². The van der Waals surface area contributed by atoms with Gasteiger partial charge in [-0.25, -0.2) is 4.79 Å².